The largest absolute Gasteiger partial charge is 0.497 e. The van der Waals surface area contributed by atoms with Crippen LogP contribution in [0.3, 0.4) is 0 Å². The van der Waals surface area contributed by atoms with Crippen molar-refractivity contribution in [2.75, 3.05) is 7.11 Å². The molecule has 0 aliphatic carbocycles. The fourth-order valence-corrected chi connectivity index (χ4v) is 3.91. The van der Waals surface area contributed by atoms with E-state index in [1.807, 2.05) is 54.6 Å². The molecule has 0 fully saturated rings. The molecule has 4 nitrogen and oxygen atoms in total. The summed E-state index contributed by atoms with van der Waals surface area (Å²) in [5.74, 6) is 1.68. The predicted octanol–water partition coefficient (Wildman–Crippen LogP) is 6.14. The van der Waals surface area contributed by atoms with Gasteiger partial charge in [0.05, 0.1) is 29.5 Å². The Kier molecular flexibility index (Phi) is 4.57. The summed E-state index contributed by atoms with van der Waals surface area (Å²) in [4.78, 5) is 7.03. The first-order valence-corrected chi connectivity index (χ1v) is 10.1. The van der Waals surface area contributed by atoms with Gasteiger partial charge in [0.2, 0.25) is 0 Å². The molecule has 4 aromatic rings. The summed E-state index contributed by atoms with van der Waals surface area (Å²) in [5, 5.41) is 0.726. The topological polar surface area (TPSA) is 30.3 Å². The number of aromatic nitrogens is 2. The van der Waals surface area contributed by atoms with Crippen molar-refractivity contribution in [3.8, 4) is 5.75 Å². The van der Waals surface area contributed by atoms with Crippen molar-refractivity contribution in [1.29, 1.82) is 0 Å². The Morgan fingerprint density at radius 3 is 2.43 bits per heavy atom. The van der Waals surface area contributed by atoms with Crippen molar-refractivity contribution in [3.63, 3.8) is 0 Å². The minimum Gasteiger partial charge on any atom is -0.497 e. The molecule has 3 aromatic carbocycles. The first-order chi connectivity index (χ1) is 14.6. The average Bonchev–Trinajstić information content (AvgIpc) is 3.16. The lowest BCUT2D eigenvalue weighted by atomic mass is 10.1. The summed E-state index contributed by atoms with van der Waals surface area (Å²) >= 11 is 6.08. The van der Waals surface area contributed by atoms with E-state index in [0.717, 1.165) is 50.2 Å². The molecule has 0 spiro atoms. The van der Waals surface area contributed by atoms with E-state index in [2.05, 4.69) is 40.4 Å². The molecule has 0 bridgehead atoms. The number of benzene rings is 3. The van der Waals surface area contributed by atoms with E-state index in [0.29, 0.717) is 6.54 Å². The zero-order valence-corrected chi connectivity index (χ0v) is 17.3. The molecule has 0 unspecified atom stereocenters. The second-order valence-electron chi connectivity index (χ2n) is 7.20. The standard InChI is InChI=1S/C25H20ClN3O/c1-17-25-27-22-5-3-4-6-23(22)29(25)16-24(19-9-13-21(30-2)14-10-19)28(17)15-18-7-11-20(26)12-8-18/h3-14,16H,1,15H2,2H3. The van der Waals surface area contributed by atoms with Gasteiger partial charge in [-0.05, 0) is 59.7 Å². The van der Waals surface area contributed by atoms with E-state index in [9.17, 15) is 0 Å². The van der Waals surface area contributed by atoms with Gasteiger partial charge in [-0.1, -0.05) is 42.4 Å². The number of methoxy groups -OCH3 is 1. The number of rotatable bonds is 4. The normalized spacial score (nSPS) is 13.3. The van der Waals surface area contributed by atoms with Crippen LogP contribution in [0.4, 0.5) is 0 Å². The molecule has 0 atom stereocenters. The SMILES string of the molecule is C=C1c2nc3ccccc3n2C=C(c2ccc(OC)cc2)N1Cc1ccc(Cl)cc1. The number of imidazole rings is 1. The number of halogens is 1. The van der Waals surface area contributed by atoms with E-state index in [4.69, 9.17) is 21.3 Å². The maximum Gasteiger partial charge on any atom is 0.161 e. The van der Waals surface area contributed by atoms with Gasteiger partial charge in [-0.25, -0.2) is 4.98 Å². The third kappa shape index (κ3) is 3.15. The van der Waals surface area contributed by atoms with Crippen LogP contribution in [0.25, 0.3) is 28.6 Å². The molecule has 0 N–H and O–H groups in total. The van der Waals surface area contributed by atoms with Gasteiger partial charge >= 0.3 is 0 Å². The molecule has 1 aliphatic rings. The highest BCUT2D eigenvalue weighted by molar-refractivity contribution is 6.30. The summed E-state index contributed by atoms with van der Waals surface area (Å²) < 4.78 is 7.46. The molecule has 5 heteroatoms. The molecule has 1 aromatic heterocycles. The van der Waals surface area contributed by atoms with E-state index >= 15 is 0 Å². The van der Waals surface area contributed by atoms with Crippen LogP contribution in [-0.2, 0) is 6.54 Å². The fourth-order valence-electron chi connectivity index (χ4n) is 3.78. The highest BCUT2D eigenvalue weighted by atomic mass is 35.5. The minimum atomic E-state index is 0.664. The van der Waals surface area contributed by atoms with Crippen molar-refractivity contribution >= 4 is 40.2 Å². The molecule has 148 valence electrons. The second-order valence-corrected chi connectivity index (χ2v) is 7.63. The number of ether oxygens (including phenoxy) is 1. The highest BCUT2D eigenvalue weighted by Gasteiger charge is 2.26. The Bertz CT molecular complexity index is 1270. The Morgan fingerprint density at radius 1 is 0.967 bits per heavy atom. The van der Waals surface area contributed by atoms with Crippen LogP contribution in [0.2, 0.25) is 5.02 Å². The lowest BCUT2D eigenvalue weighted by molar-refractivity contribution is 0.414. The molecule has 0 saturated heterocycles. The van der Waals surface area contributed by atoms with Crippen LogP contribution in [0.1, 0.15) is 17.0 Å². The fraction of sp³-hybridized carbons (Fsp3) is 0.0800. The third-order valence-corrected chi connectivity index (χ3v) is 5.61. The van der Waals surface area contributed by atoms with Gasteiger partial charge in [-0.15, -0.1) is 0 Å². The van der Waals surface area contributed by atoms with Crippen LogP contribution in [0, 0.1) is 0 Å². The molecule has 2 heterocycles. The third-order valence-electron chi connectivity index (χ3n) is 5.36. The second kappa shape index (κ2) is 7.39. The Morgan fingerprint density at radius 2 is 1.70 bits per heavy atom. The first kappa shape index (κ1) is 18.5. The van der Waals surface area contributed by atoms with Crippen LogP contribution >= 0.6 is 11.6 Å². The molecule has 0 radical (unpaired) electrons. The van der Waals surface area contributed by atoms with Crippen molar-refractivity contribution in [1.82, 2.24) is 14.5 Å². The van der Waals surface area contributed by atoms with Gasteiger partial charge in [-0.3, -0.25) is 4.57 Å². The summed E-state index contributed by atoms with van der Waals surface area (Å²) in [5.41, 5.74) is 6.14. The zero-order chi connectivity index (χ0) is 20.7. The lowest BCUT2D eigenvalue weighted by Gasteiger charge is -2.33. The number of hydrogen-bond acceptors (Lipinski definition) is 3. The van der Waals surface area contributed by atoms with Gasteiger partial charge in [0.15, 0.2) is 5.82 Å². The van der Waals surface area contributed by atoms with Gasteiger partial charge in [0.1, 0.15) is 5.75 Å². The summed E-state index contributed by atoms with van der Waals surface area (Å²) in [6.07, 6.45) is 2.14. The molecular formula is C25H20ClN3O. The Labute approximate surface area is 180 Å². The highest BCUT2D eigenvalue weighted by Crippen LogP contribution is 2.37. The van der Waals surface area contributed by atoms with Gasteiger partial charge in [-0.2, -0.15) is 0 Å². The van der Waals surface area contributed by atoms with Crippen molar-refractivity contribution in [2.24, 2.45) is 0 Å². The molecule has 5 rings (SSSR count). The van der Waals surface area contributed by atoms with Crippen LogP contribution in [0.5, 0.6) is 5.75 Å². The van der Waals surface area contributed by atoms with Crippen LogP contribution in [-0.4, -0.2) is 21.6 Å². The summed E-state index contributed by atoms with van der Waals surface area (Å²) in [7, 11) is 1.67. The quantitative estimate of drug-likeness (QED) is 0.402. The summed E-state index contributed by atoms with van der Waals surface area (Å²) in [6, 6.07) is 24.1. The number of fused-ring (bicyclic) bond motifs is 3. The Hall–Kier alpha value is -3.50. The maximum atomic E-state index is 6.08. The minimum absolute atomic E-state index is 0.664. The molecule has 0 saturated carbocycles. The van der Waals surface area contributed by atoms with Gasteiger partial charge in [0.25, 0.3) is 0 Å². The first-order valence-electron chi connectivity index (χ1n) is 9.68. The van der Waals surface area contributed by atoms with Crippen LogP contribution in [0.15, 0.2) is 79.4 Å². The monoisotopic (exact) mass is 413 g/mol. The summed E-state index contributed by atoms with van der Waals surface area (Å²) in [6.45, 7) is 5.07. The lowest BCUT2D eigenvalue weighted by Crippen LogP contribution is -2.25. The molecular weight excluding hydrogens is 394 g/mol. The molecule has 0 amide bonds. The average molecular weight is 414 g/mol. The smallest absolute Gasteiger partial charge is 0.161 e. The maximum absolute atomic E-state index is 6.08. The number of nitrogens with zero attached hydrogens (tertiary/aromatic N) is 3. The van der Waals surface area contributed by atoms with E-state index in [1.165, 1.54) is 0 Å². The predicted molar refractivity (Wildman–Crippen MR) is 123 cm³/mol. The molecule has 1 aliphatic heterocycles. The zero-order valence-electron chi connectivity index (χ0n) is 16.5. The van der Waals surface area contributed by atoms with Crippen molar-refractivity contribution in [2.45, 2.75) is 6.54 Å². The van der Waals surface area contributed by atoms with Crippen LogP contribution < -0.4 is 4.74 Å². The van der Waals surface area contributed by atoms with Crippen molar-refractivity contribution in [3.05, 3.63) is 101 Å². The van der Waals surface area contributed by atoms with E-state index < -0.39 is 0 Å². The van der Waals surface area contributed by atoms with Gasteiger partial charge < -0.3 is 9.64 Å². The van der Waals surface area contributed by atoms with Gasteiger partial charge in [0, 0.05) is 17.8 Å². The number of para-hydroxylation sites is 2. The van der Waals surface area contributed by atoms with E-state index in [1.54, 1.807) is 7.11 Å². The molecule has 30 heavy (non-hydrogen) atoms. The van der Waals surface area contributed by atoms with Crippen molar-refractivity contribution < 1.29 is 4.74 Å². The Balaban J connectivity index is 1.65. The van der Waals surface area contributed by atoms with E-state index in [-0.39, 0.29) is 0 Å². The number of hydrogen-bond donors (Lipinski definition) is 0.